The molecule has 0 fully saturated rings. The third-order valence-electron chi connectivity index (χ3n) is 6.11. The van der Waals surface area contributed by atoms with Crippen LogP contribution in [0, 0.1) is 0 Å². The lowest BCUT2D eigenvalue weighted by Gasteiger charge is -2.16. The molecule has 0 aliphatic carbocycles. The quantitative estimate of drug-likeness (QED) is 0.258. The van der Waals surface area contributed by atoms with Crippen LogP contribution in [0.1, 0.15) is 40.9 Å². The average Bonchev–Trinajstić information content (AvgIpc) is 2.96. The van der Waals surface area contributed by atoms with Crippen LogP contribution in [-0.2, 0) is 16.0 Å². The number of anilines is 1. The number of aryl methyl sites for hydroxylation is 1. The summed E-state index contributed by atoms with van der Waals surface area (Å²) in [6.07, 6.45) is 2.51. The molecule has 0 aliphatic rings. The summed E-state index contributed by atoms with van der Waals surface area (Å²) in [5, 5.41) is 14.8. The van der Waals surface area contributed by atoms with Gasteiger partial charge in [-0.15, -0.1) is 0 Å². The van der Waals surface area contributed by atoms with Crippen molar-refractivity contribution < 1.29 is 24.2 Å². The molecule has 1 aromatic heterocycles. The molecule has 1 heterocycles. The number of aromatic nitrogens is 2. The summed E-state index contributed by atoms with van der Waals surface area (Å²) in [5.74, 6) is -1.34. The van der Waals surface area contributed by atoms with Crippen molar-refractivity contribution in [1.82, 2.24) is 15.3 Å². The first kappa shape index (κ1) is 27.0. The fraction of sp³-hybridized carbons (Fsp3) is 0.167. The molecular weight excluding hydrogens is 496 g/mol. The number of ether oxygens (including phenoxy) is 1. The molecule has 4 aromatic rings. The highest BCUT2D eigenvalue weighted by Crippen LogP contribution is 2.26. The van der Waals surface area contributed by atoms with E-state index in [2.05, 4.69) is 20.6 Å². The van der Waals surface area contributed by atoms with E-state index in [1.165, 1.54) is 6.33 Å². The van der Waals surface area contributed by atoms with Gasteiger partial charge in [0.05, 0.1) is 0 Å². The maximum atomic E-state index is 12.8. The second kappa shape index (κ2) is 13.0. The van der Waals surface area contributed by atoms with E-state index in [1.54, 1.807) is 37.4 Å². The molecule has 3 aromatic carbocycles. The second-order valence-corrected chi connectivity index (χ2v) is 8.83. The van der Waals surface area contributed by atoms with Gasteiger partial charge in [0.25, 0.3) is 5.91 Å². The van der Waals surface area contributed by atoms with Gasteiger partial charge >= 0.3 is 12.1 Å². The standard InChI is InChI=1S/C30H28N4O5/c1-20(22-10-6-3-7-11-22)39-30(38)34-27-25(18-31-19-32-27)23-13-15-24(16-14-23)28(35)33-26(29(36)37)17-12-21-8-4-2-5-9-21/h2-11,13-16,18-20,26H,12,17H2,1H3,(H,33,35)(H,36,37)(H,31,32,34,38). The van der Waals surface area contributed by atoms with Crippen LogP contribution >= 0.6 is 0 Å². The Balaban J connectivity index is 1.40. The molecule has 2 amide bonds. The third kappa shape index (κ3) is 7.48. The maximum absolute atomic E-state index is 12.8. The molecule has 39 heavy (non-hydrogen) atoms. The Morgan fingerprint density at radius 3 is 2.26 bits per heavy atom. The number of hydrogen-bond acceptors (Lipinski definition) is 6. The molecule has 2 unspecified atom stereocenters. The summed E-state index contributed by atoms with van der Waals surface area (Å²) in [6, 6.07) is 24.3. The summed E-state index contributed by atoms with van der Waals surface area (Å²) in [6.45, 7) is 1.77. The summed E-state index contributed by atoms with van der Waals surface area (Å²) >= 11 is 0. The molecule has 3 N–H and O–H groups in total. The lowest BCUT2D eigenvalue weighted by Crippen LogP contribution is -2.41. The highest BCUT2D eigenvalue weighted by Gasteiger charge is 2.21. The molecule has 0 aliphatic heterocycles. The number of benzene rings is 3. The normalized spacial score (nSPS) is 12.1. The van der Waals surface area contributed by atoms with Crippen molar-refractivity contribution in [2.45, 2.75) is 31.9 Å². The molecule has 4 rings (SSSR count). The van der Waals surface area contributed by atoms with Gasteiger partial charge in [0.1, 0.15) is 24.3 Å². The Morgan fingerprint density at radius 2 is 1.59 bits per heavy atom. The van der Waals surface area contributed by atoms with E-state index >= 15 is 0 Å². The summed E-state index contributed by atoms with van der Waals surface area (Å²) in [7, 11) is 0. The molecule has 198 valence electrons. The molecule has 0 saturated heterocycles. The van der Waals surface area contributed by atoms with E-state index in [4.69, 9.17) is 4.74 Å². The van der Waals surface area contributed by atoms with Crippen LogP contribution in [-0.4, -0.2) is 39.1 Å². The number of rotatable bonds is 10. The van der Waals surface area contributed by atoms with Gasteiger partial charge in [-0.1, -0.05) is 72.8 Å². The largest absolute Gasteiger partial charge is 0.480 e. The monoisotopic (exact) mass is 524 g/mol. The molecule has 0 radical (unpaired) electrons. The minimum absolute atomic E-state index is 0.249. The minimum atomic E-state index is -1.10. The Morgan fingerprint density at radius 1 is 0.923 bits per heavy atom. The number of aliphatic carboxylic acids is 1. The van der Waals surface area contributed by atoms with Gasteiger partial charge in [0.2, 0.25) is 0 Å². The van der Waals surface area contributed by atoms with Gasteiger partial charge in [-0.2, -0.15) is 0 Å². The zero-order chi connectivity index (χ0) is 27.6. The zero-order valence-electron chi connectivity index (χ0n) is 21.3. The lowest BCUT2D eigenvalue weighted by molar-refractivity contribution is -0.139. The van der Waals surface area contributed by atoms with E-state index in [1.807, 2.05) is 60.7 Å². The van der Waals surface area contributed by atoms with Crippen molar-refractivity contribution in [3.05, 3.63) is 114 Å². The van der Waals surface area contributed by atoms with Crippen molar-refractivity contribution in [2.75, 3.05) is 5.32 Å². The summed E-state index contributed by atoms with van der Waals surface area (Å²) in [4.78, 5) is 45.3. The first-order valence-electron chi connectivity index (χ1n) is 12.4. The topological polar surface area (TPSA) is 131 Å². The van der Waals surface area contributed by atoms with Crippen molar-refractivity contribution in [3.8, 4) is 11.1 Å². The van der Waals surface area contributed by atoms with Crippen LogP contribution in [0.3, 0.4) is 0 Å². The molecule has 2 atom stereocenters. The highest BCUT2D eigenvalue weighted by molar-refractivity contribution is 5.97. The number of nitrogens with one attached hydrogen (secondary N) is 2. The molecule has 0 bridgehead atoms. The SMILES string of the molecule is CC(OC(=O)Nc1ncncc1-c1ccc(C(=O)NC(CCc2ccccc2)C(=O)O)cc1)c1ccccc1. The van der Waals surface area contributed by atoms with Gasteiger partial charge in [-0.3, -0.25) is 10.1 Å². The summed E-state index contributed by atoms with van der Waals surface area (Å²) < 4.78 is 5.47. The van der Waals surface area contributed by atoms with Crippen LogP contribution in [0.4, 0.5) is 10.6 Å². The van der Waals surface area contributed by atoms with Crippen molar-refractivity contribution in [2.24, 2.45) is 0 Å². The van der Waals surface area contributed by atoms with Gasteiger partial charge in [-0.05, 0) is 48.6 Å². The Bertz CT molecular complexity index is 1410. The molecule has 0 saturated carbocycles. The van der Waals surface area contributed by atoms with Gasteiger partial charge in [-0.25, -0.2) is 19.6 Å². The van der Waals surface area contributed by atoms with E-state index in [-0.39, 0.29) is 12.2 Å². The number of nitrogens with zero attached hydrogens (tertiary/aromatic N) is 2. The number of carbonyl (C=O) groups is 3. The Hall–Kier alpha value is -5.05. The number of carbonyl (C=O) groups excluding carboxylic acids is 2. The minimum Gasteiger partial charge on any atom is -0.480 e. The van der Waals surface area contributed by atoms with Crippen LogP contribution in [0.25, 0.3) is 11.1 Å². The number of hydrogen-bond donors (Lipinski definition) is 3. The second-order valence-electron chi connectivity index (χ2n) is 8.83. The predicted molar refractivity (Wildman–Crippen MR) is 146 cm³/mol. The fourth-order valence-electron chi connectivity index (χ4n) is 3.98. The Labute approximate surface area is 225 Å². The van der Waals surface area contributed by atoms with Gasteiger partial charge in [0.15, 0.2) is 0 Å². The first-order valence-corrected chi connectivity index (χ1v) is 12.4. The molecule has 9 nitrogen and oxygen atoms in total. The smallest absolute Gasteiger partial charge is 0.413 e. The van der Waals surface area contributed by atoms with Crippen molar-refractivity contribution >= 4 is 23.8 Å². The van der Waals surface area contributed by atoms with Crippen molar-refractivity contribution in [3.63, 3.8) is 0 Å². The van der Waals surface area contributed by atoms with Crippen molar-refractivity contribution in [1.29, 1.82) is 0 Å². The van der Waals surface area contributed by atoms with E-state index in [9.17, 15) is 19.5 Å². The van der Waals surface area contributed by atoms with E-state index in [0.717, 1.165) is 11.1 Å². The maximum Gasteiger partial charge on any atom is 0.413 e. The lowest BCUT2D eigenvalue weighted by atomic mass is 10.0. The van der Waals surface area contributed by atoms with Crippen LogP contribution in [0.2, 0.25) is 0 Å². The molecule has 9 heteroatoms. The predicted octanol–water partition coefficient (Wildman–Crippen LogP) is 5.27. The molecular formula is C30H28N4O5. The van der Waals surface area contributed by atoms with Crippen LogP contribution < -0.4 is 10.6 Å². The fourth-order valence-corrected chi connectivity index (χ4v) is 3.98. The van der Waals surface area contributed by atoms with Gasteiger partial charge in [0, 0.05) is 17.3 Å². The van der Waals surface area contributed by atoms with Crippen LogP contribution in [0.15, 0.2) is 97.5 Å². The molecule has 0 spiro atoms. The van der Waals surface area contributed by atoms with E-state index in [0.29, 0.717) is 23.1 Å². The first-order chi connectivity index (χ1) is 18.9. The van der Waals surface area contributed by atoms with Crippen LogP contribution in [0.5, 0.6) is 0 Å². The number of carboxylic acid groups (broad SMARTS) is 1. The van der Waals surface area contributed by atoms with E-state index < -0.39 is 30.1 Å². The number of carboxylic acids is 1. The summed E-state index contributed by atoms with van der Waals surface area (Å²) in [5.41, 5.74) is 3.33. The number of amides is 2. The van der Waals surface area contributed by atoms with Gasteiger partial charge < -0.3 is 15.2 Å². The third-order valence-corrected chi connectivity index (χ3v) is 6.11. The average molecular weight is 525 g/mol. The Kier molecular flexibility index (Phi) is 8.97. The zero-order valence-corrected chi connectivity index (χ0v) is 21.3. The highest BCUT2D eigenvalue weighted by atomic mass is 16.6.